The molecule has 0 aliphatic rings. The first kappa shape index (κ1) is 12.3. The van der Waals surface area contributed by atoms with Crippen LogP contribution >= 0.6 is 0 Å². The Morgan fingerprint density at radius 3 is 2.56 bits per heavy atom. The first-order valence-corrected chi connectivity index (χ1v) is 6.03. The minimum absolute atomic E-state index is 0.304. The van der Waals surface area contributed by atoms with Crippen molar-refractivity contribution in [3.63, 3.8) is 0 Å². The summed E-state index contributed by atoms with van der Waals surface area (Å²) in [6, 6.07) is 13.2. The number of rotatable bonds is 4. The average Bonchev–Trinajstić information content (AvgIpc) is 2.36. The number of anilines is 2. The fraction of sp³-hybridized carbons (Fsp3) is 0.200. The van der Waals surface area contributed by atoms with E-state index in [-0.39, 0.29) is 0 Å². The lowest BCUT2D eigenvalue weighted by molar-refractivity contribution is 0.475. The second-order valence-electron chi connectivity index (χ2n) is 4.42. The molecule has 0 saturated heterocycles. The van der Waals surface area contributed by atoms with Gasteiger partial charge < -0.3 is 16.2 Å². The number of aryl methyl sites for hydroxylation is 1. The van der Waals surface area contributed by atoms with Crippen LogP contribution in [0.5, 0.6) is 5.75 Å². The first-order chi connectivity index (χ1) is 8.65. The van der Waals surface area contributed by atoms with Gasteiger partial charge in [-0.15, -0.1) is 0 Å². The van der Waals surface area contributed by atoms with Crippen LogP contribution < -0.4 is 11.1 Å². The third-order valence-electron chi connectivity index (χ3n) is 2.93. The van der Waals surface area contributed by atoms with Crippen molar-refractivity contribution in [1.29, 1.82) is 0 Å². The van der Waals surface area contributed by atoms with Gasteiger partial charge in [0.15, 0.2) is 0 Å². The van der Waals surface area contributed by atoms with Crippen LogP contribution in [-0.4, -0.2) is 11.7 Å². The van der Waals surface area contributed by atoms with E-state index in [0.29, 0.717) is 5.75 Å². The van der Waals surface area contributed by atoms with E-state index in [1.54, 1.807) is 12.1 Å². The normalized spacial score (nSPS) is 10.3. The fourth-order valence-corrected chi connectivity index (χ4v) is 1.83. The van der Waals surface area contributed by atoms with Gasteiger partial charge in [0, 0.05) is 17.9 Å². The fourth-order valence-electron chi connectivity index (χ4n) is 1.83. The predicted octanol–water partition coefficient (Wildman–Crippen LogP) is 2.94. The highest BCUT2D eigenvalue weighted by molar-refractivity contribution is 5.59. The Morgan fingerprint density at radius 1 is 1.11 bits per heavy atom. The van der Waals surface area contributed by atoms with Crippen molar-refractivity contribution >= 4 is 11.4 Å². The molecule has 0 saturated carbocycles. The number of nitrogens with two attached hydrogens (primary N) is 1. The maximum Gasteiger partial charge on any atom is 0.115 e. The zero-order valence-corrected chi connectivity index (χ0v) is 10.5. The lowest BCUT2D eigenvalue weighted by Gasteiger charge is -2.10. The van der Waals surface area contributed by atoms with Crippen LogP contribution in [0, 0.1) is 6.92 Å². The van der Waals surface area contributed by atoms with Crippen molar-refractivity contribution in [3.8, 4) is 5.75 Å². The molecule has 0 aliphatic carbocycles. The van der Waals surface area contributed by atoms with Crippen molar-refractivity contribution in [2.24, 2.45) is 0 Å². The summed E-state index contributed by atoms with van der Waals surface area (Å²) in [6.07, 6.45) is 0.911. The third kappa shape index (κ3) is 3.17. The van der Waals surface area contributed by atoms with Gasteiger partial charge in [0.25, 0.3) is 0 Å². The van der Waals surface area contributed by atoms with Crippen molar-refractivity contribution in [2.45, 2.75) is 13.3 Å². The second-order valence-corrected chi connectivity index (χ2v) is 4.42. The topological polar surface area (TPSA) is 58.3 Å². The van der Waals surface area contributed by atoms with Crippen molar-refractivity contribution in [1.82, 2.24) is 0 Å². The number of hydrogen-bond donors (Lipinski definition) is 3. The Hall–Kier alpha value is -2.16. The minimum Gasteiger partial charge on any atom is -0.508 e. The number of nitrogens with one attached hydrogen (secondary N) is 1. The highest BCUT2D eigenvalue weighted by Crippen LogP contribution is 2.18. The summed E-state index contributed by atoms with van der Waals surface area (Å²) in [4.78, 5) is 0. The summed E-state index contributed by atoms with van der Waals surface area (Å²) in [5, 5.41) is 12.6. The van der Waals surface area contributed by atoms with Gasteiger partial charge in [-0.25, -0.2) is 0 Å². The lowest BCUT2D eigenvalue weighted by atomic mass is 10.1. The maximum atomic E-state index is 9.20. The molecule has 2 aromatic rings. The number of nitrogen functional groups attached to an aromatic ring is 1. The van der Waals surface area contributed by atoms with Gasteiger partial charge in [0.05, 0.1) is 0 Å². The molecule has 0 bridgehead atoms. The summed E-state index contributed by atoms with van der Waals surface area (Å²) in [5.41, 5.74) is 9.99. The molecule has 0 unspecified atom stereocenters. The Kier molecular flexibility index (Phi) is 3.72. The van der Waals surface area contributed by atoms with Crippen LogP contribution in [0.2, 0.25) is 0 Å². The molecular weight excluding hydrogens is 224 g/mol. The summed E-state index contributed by atoms with van der Waals surface area (Å²) < 4.78 is 0. The van der Waals surface area contributed by atoms with E-state index in [1.165, 1.54) is 11.1 Å². The molecular formula is C15H18N2O. The van der Waals surface area contributed by atoms with Crippen LogP contribution in [0.25, 0.3) is 0 Å². The lowest BCUT2D eigenvalue weighted by Crippen LogP contribution is -2.06. The summed E-state index contributed by atoms with van der Waals surface area (Å²) in [5.74, 6) is 0.304. The molecule has 0 fully saturated rings. The summed E-state index contributed by atoms with van der Waals surface area (Å²) >= 11 is 0. The number of phenols is 1. The van der Waals surface area contributed by atoms with E-state index in [9.17, 15) is 5.11 Å². The van der Waals surface area contributed by atoms with Gasteiger partial charge in [0.1, 0.15) is 5.75 Å². The van der Waals surface area contributed by atoms with Crippen molar-refractivity contribution in [3.05, 3.63) is 53.6 Å². The molecule has 0 heterocycles. The van der Waals surface area contributed by atoms with Gasteiger partial charge in [-0.1, -0.05) is 18.2 Å². The van der Waals surface area contributed by atoms with Gasteiger partial charge in [0.2, 0.25) is 0 Å². The van der Waals surface area contributed by atoms with Crippen LogP contribution in [0.4, 0.5) is 11.4 Å². The van der Waals surface area contributed by atoms with Crippen molar-refractivity contribution in [2.75, 3.05) is 17.6 Å². The molecule has 3 heteroatoms. The van der Waals surface area contributed by atoms with Gasteiger partial charge in [-0.3, -0.25) is 0 Å². The Bertz CT molecular complexity index is 521. The first-order valence-electron chi connectivity index (χ1n) is 6.03. The number of benzene rings is 2. The van der Waals surface area contributed by atoms with E-state index in [0.717, 1.165) is 24.3 Å². The van der Waals surface area contributed by atoms with E-state index in [2.05, 4.69) is 12.2 Å². The summed E-state index contributed by atoms with van der Waals surface area (Å²) in [7, 11) is 0. The maximum absolute atomic E-state index is 9.20. The summed E-state index contributed by atoms with van der Waals surface area (Å²) in [6.45, 7) is 2.90. The zero-order valence-electron chi connectivity index (χ0n) is 10.5. The largest absolute Gasteiger partial charge is 0.508 e. The zero-order chi connectivity index (χ0) is 13.0. The molecule has 18 heavy (non-hydrogen) atoms. The highest BCUT2D eigenvalue weighted by atomic mass is 16.3. The monoisotopic (exact) mass is 242 g/mol. The van der Waals surface area contributed by atoms with Crippen LogP contribution in [0.15, 0.2) is 42.5 Å². The quantitative estimate of drug-likeness (QED) is 0.722. The Balaban J connectivity index is 1.92. The van der Waals surface area contributed by atoms with E-state index in [1.807, 2.05) is 30.3 Å². The van der Waals surface area contributed by atoms with Crippen LogP contribution in [0.1, 0.15) is 11.1 Å². The van der Waals surface area contributed by atoms with Crippen LogP contribution in [0.3, 0.4) is 0 Å². The Morgan fingerprint density at radius 2 is 1.83 bits per heavy atom. The molecule has 0 amide bonds. The molecule has 0 aromatic heterocycles. The van der Waals surface area contributed by atoms with Gasteiger partial charge in [-0.2, -0.15) is 0 Å². The predicted molar refractivity (Wildman–Crippen MR) is 75.9 cm³/mol. The van der Waals surface area contributed by atoms with Crippen LogP contribution in [-0.2, 0) is 6.42 Å². The molecule has 0 atom stereocenters. The number of hydrogen-bond acceptors (Lipinski definition) is 3. The third-order valence-corrected chi connectivity index (χ3v) is 2.93. The molecule has 2 aromatic carbocycles. The number of phenolic OH excluding ortho intramolecular Hbond substituents is 1. The minimum atomic E-state index is 0.304. The number of aromatic hydroxyl groups is 1. The van der Waals surface area contributed by atoms with Gasteiger partial charge in [-0.05, 0) is 48.7 Å². The van der Waals surface area contributed by atoms with Gasteiger partial charge >= 0.3 is 0 Å². The second kappa shape index (κ2) is 5.45. The Labute approximate surface area is 107 Å². The molecule has 2 rings (SSSR count). The molecule has 0 radical (unpaired) electrons. The molecule has 3 nitrogen and oxygen atoms in total. The smallest absolute Gasteiger partial charge is 0.115 e. The molecule has 0 aliphatic heterocycles. The highest BCUT2D eigenvalue weighted by Gasteiger charge is 1.99. The molecule has 4 N–H and O–H groups in total. The molecule has 94 valence electrons. The average molecular weight is 242 g/mol. The van der Waals surface area contributed by atoms with Crippen molar-refractivity contribution < 1.29 is 5.11 Å². The SMILES string of the molecule is Cc1ccc(N)cc1NCCc1ccc(O)cc1. The standard InChI is InChI=1S/C15H18N2O/c1-11-2-5-13(16)10-15(11)17-9-8-12-3-6-14(18)7-4-12/h2-7,10,17-18H,8-9,16H2,1H3. The van der Waals surface area contributed by atoms with E-state index < -0.39 is 0 Å². The molecule has 0 spiro atoms. The van der Waals surface area contributed by atoms with E-state index >= 15 is 0 Å². The van der Waals surface area contributed by atoms with E-state index in [4.69, 9.17) is 5.73 Å².